The van der Waals surface area contributed by atoms with E-state index in [0.29, 0.717) is 21.1 Å². The number of nitrogens with zero attached hydrogens (tertiary/aromatic N) is 4. The summed E-state index contributed by atoms with van der Waals surface area (Å²) >= 11 is -3.05. The lowest BCUT2D eigenvalue weighted by Crippen LogP contribution is -2.45. The van der Waals surface area contributed by atoms with Crippen LogP contribution in [0.2, 0.25) is 18.1 Å². The Labute approximate surface area is 357 Å². The van der Waals surface area contributed by atoms with Crippen LogP contribution in [0, 0.1) is 5.82 Å². The maximum absolute atomic E-state index is 15.5. The number of hydrogen-bond donors (Lipinski definition) is 0. The Morgan fingerprint density at radius 2 is 1.53 bits per heavy atom. The fourth-order valence-corrected chi connectivity index (χ4v) is 10.2. The van der Waals surface area contributed by atoms with Gasteiger partial charge in [-0.25, -0.2) is 14.0 Å². The standard InChI is InChI=1S/C43H65FN4O10SSi/c1-13-60(14-2,15-3)58-36(30-19-22-33(44)35(25-30)47(59(52)53)28-37(49)55-41(4,5)6)27-46(39(50)56-42(7,8)9)23-24-54-31-20-21-32-34(26-31)48(40(51)57-43(10,11)12)45-38(32)29-17-16-18-29/h19-22,25-26,29,36H,13-18,23-24,27-28H2,1-12H3,(H,52,53)/p-1. The Balaban J connectivity index is 1.70. The third-order valence-corrected chi connectivity index (χ3v) is 15.6. The first-order valence-electron chi connectivity index (χ1n) is 20.8. The molecule has 1 saturated carbocycles. The molecule has 334 valence electrons. The number of carbonyl (C=O) groups is 3. The summed E-state index contributed by atoms with van der Waals surface area (Å²) in [5.74, 6) is -1.04. The lowest BCUT2D eigenvalue weighted by molar-refractivity contribution is -0.152. The molecular weight excluding hydrogens is 812 g/mol. The van der Waals surface area contributed by atoms with Crippen LogP contribution in [0.15, 0.2) is 36.4 Å². The number of halogens is 1. The first-order chi connectivity index (χ1) is 27.9. The Morgan fingerprint density at radius 1 is 0.917 bits per heavy atom. The highest BCUT2D eigenvalue weighted by Crippen LogP contribution is 2.40. The fraction of sp³-hybridized carbons (Fsp3) is 0.628. The number of anilines is 1. The summed E-state index contributed by atoms with van der Waals surface area (Å²) in [7, 11) is -2.45. The number of amides is 1. The average Bonchev–Trinajstić information content (AvgIpc) is 3.47. The van der Waals surface area contributed by atoms with Crippen molar-refractivity contribution in [1.29, 1.82) is 0 Å². The van der Waals surface area contributed by atoms with E-state index in [1.54, 1.807) is 68.4 Å². The molecular formula is C43H64FN4O10SSi-. The molecule has 2 atom stereocenters. The number of esters is 1. The van der Waals surface area contributed by atoms with Gasteiger partial charge in [0.05, 0.1) is 36.1 Å². The first-order valence-corrected chi connectivity index (χ1v) is 24.4. The largest absolute Gasteiger partial charge is 0.755 e. The van der Waals surface area contributed by atoms with Gasteiger partial charge in [0.2, 0.25) is 0 Å². The summed E-state index contributed by atoms with van der Waals surface area (Å²) in [4.78, 5) is 41.5. The first kappa shape index (κ1) is 48.6. The summed E-state index contributed by atoms with van der Waals surface area (Å²) < 4.78 is 72.5. The molecule has 3 aromatic rings. The second-order valence-electron chi connectivity index (χ2n) is 18.3. The second kappa shape index (κ2) is 19.8. The number of ether oxygens (including phenoxy) is 4. The maximum atomic E-state index is 15.5. The molecule has 0 spiro atoms. The van der Waals surface area contributed by atoms with Gasteiger partial charge >= 0.3 is 18.2 Å². The van der Waals surface area contributed by atoms with E-state index in [2.05, 4.69) is 20.8 Å². The molecule has 0 N–H and O–H groups in total. The minimum Gasteiger partial charge on any atom is -0.755 e. The topological polar surface area (TPSA) is 162 Å². The highest BCUT2D eigenvalue weighted by atomic mass is 32.2. The predicted octanol–water partition coefficient (Wildman–Crippen LogP) is 9.55. The van der Waals surface area contributed by atoms with E-state index in [9.17, 15) is 23.1 Å². The molecule has 1 aliphatic rings. The van der Waals surface area contributed by atoms with Crippen molar-refractivity contribution in [3.8, 4) is 5.75 Å². The maximum Gasteiger partial charge on any atom is 0.435 e. The van der Waals surface area contributed by atoms with Gasteiger partial charge in [0.15, 0.2) is 8.32 Å². The van der Waals surface area contributed by atoms with Gasteiger partial charge in [0.25, 0.3) is 0 Å². The van der Waals surface area contributed by atoms with Crippen molar-refractivity contribution in [3.63, 3.8) is 0 Å². The van der Waals surface area contributed by atoms with E-state index >= 15 is 4.39 Å². The smallest absolute Gasteiger partial charge is 0.435 e. The van der Waals surface area contributed by atoms with Crippen molar-refractivity contribution >= 4 is 54.3 Å². The van der Waals surface area contributed by atoms with Gasteiger partial charge in [-0.15, -0.1) is 0 Å². The number of aromatic nitrogens is 2. The Kier molecular flexibility index (Phi) is 16.0. The zero-order valence-electron chi connectivity index (χ0n) is 37.3. The van der Waals surface area contributed by atoms with E-state index in [1.165, 1.54) is 21.7 Å². The molecule has 2 unspecified atom stereocenters. The SMILES string of the molecule is CC[Si](CC)(CC)OC(CN(CCOc1ccc2c(C3CCC3)nn(C(=O)OC(C)(C)C)c2c1)C(=O)OC(C)(C)C)c1ccc(F)c(N(CC(=O)OC(C)(C)C)S(=O)[O-])c1. The van der Waals surface area contributed by atoms with E-state index in [4.69, 9.17) is 28.5 Å². The van der Waals surface area contributed by atoms with Gasteiger partial charge in [-0.1, -0.05) is 33.3 Å². The van der Waals surface area contributed by atoms with E-state index in [-0.39, 0.29) is 31.3 Å². The van der Waals surface area contributed by atoms with Gasteiger partial charge in [-0.2, -0.15) is 9.78 Å². The van der Waals surface area contributed by atoms with Crippen LogP contribution < -0.4 is 9.04 Å². The number of hydrogen-bond acceptors (Lipinski definition) is 11. The zero-order chi connectivity index (χ0) is 44.8. The quantitative estimate of drug-likeness (QED) is 0.0550. The predicted molar refractivity (Wildman–Crippen MR) is 231 cm³/mol. The van der Waals surface area contributed by atoms with E-state index in [1.807, 2.05) is 12.1 Å². The van der Waals surface area contributed by atoms with Gasteiger partial charge < -0.3 is 32.8 Å². The Bertz CT molecular complexity index is 1990. The summed E-state index contributed by atoms with van der Waals surface area (Å²) in [6, 6.07) is 11.6. The molecule has 17 heteroatoms. The van der Waals surface area contributed by atoms with Crippen LogP contribution in [-0.4, -0.2) is 93.0 Å². The van der Waals surface area contributed by atoms with Crippen LogP contribution in [-0.2, 0) is 34.7 Å². The number of benzene rings is 2. The lowest BCUT2D eigenvalue weighted by Gasteiger charge is -2.37. The minimum absolute atomic E-state index is 0.0128. The average molecular weight is 876 g/mol. The third kappa shape index (κ3) is 13.2. The number of fused-ring (bicyclic) bond motifs is 1. The van der Waals surface area contributed by atoms with Gasteiger partial charge in [-0.05, 0) is 123 Å². The normalized spacial score (nSPS) is 14.9. The summed E-state index contributed by atoms with van der Waals surface area (Å²) in [5.41, 5.74) is -1.06. The molecule has 0 aliphatic heterocycles. The third-order valence-electron chi connectivity index (χ3n) is 10.2. The molecule has 0 radical (unpaired) electrons. The molecule has 2 aromatic carbocycles. The summed E-state index contributed by atoms with van der Waals surface area (Å²) in [6.45, 7) is 21.0. The molecule has 1 amide bonds. The summed E-state index contributed by atoms with van der Waals surface area (Å²) in [5, 5.41) is 5.54. The number of carbonyl (C=O) groups excluding carboxylic acids is 3. The molecule has 1 aromatic heterocycles. The van der Waals surface area contributed by atoms with Crippen molar-refractivity contribution in [2.75, 3.05) is 30.5 Å². The minimum atomic E-state index is -3.05. The molecule has 1 heterocycles. The molecule has 0 bridgehead atoms. The van der Waals surface area contributed by atoms with Gasteiger partial charge in [0, 0.05) is 28.6 Å². The van der Waals surface area contributed by atoms with Crippen LogP contribution in [0.25, 0.3) is 10.9 Å². The monoisotopic (exact) mass is 875 g/mol. The van der Waals surface area contributed by atoms with E-state index < -0.39 is 73.0 Å². The molecule has 0 saturated heterocycles. The van der Waals surface area contributed by atoms with Crippen molar-refractivity contribution in [1.82, 2.24) is 14.7 Å². The van der Waals surface area contributed by atoms with Crippen LogP contribution in [0.5, 0.6) is 5.75 Å². The molecule has 14 nitrogen and oxygen atoms in total. The van der Waals surface area contributed by atoms with Crippen molar-refractivity contribution < 1.29 is 50.9 Å². The Hall–Kier alpha value is -4.06. The van der Waals surface area contributed by atoms with Crippen LogP contribution in [0.1, 0.15) is 126 Å². The van der Waals surface area contributed by atoms with Crippen LogP contribution in [0.4, 0.5) is 19.7 Å². The lowest BCUT2D eigenvalue weighted by atomic mass is 9.82. The number of rotatable bonds is 17. The van der Waals surface area contributed by atoms with Crippen LogP contribution >= 0.6 is 0 Å². The van der Waals surface area contributed by atoms with Crippen molar-refractivity contribution in [2.24, 2.45) is 0 Å². The van der Waals surface area contributed by atoms with Crippen molar-refractivity contribution in [2.45, 2.75) is 149 Å². The summed E-state index contributed by atoms with van der Waals surface area (Å²) in [6.07, 6.45) is 0.988. The zero-order valence-corrected chi connectivity index (χ0v) is 39.2. The molecule has 60 heavy (non-hydrogen) atoms. The van der Waals surface area contributed by atoms with E-state index in [0.717, 1.165) is 54.5 Å². The van der Waals surface area contributed by atoms with Crippen LogP contribution in [0.3, 0.4) is 0 Å². The fourth-order valence-electron chi connectivity index (χ4n) is 6.84. The van der Waals surface area contributed by atoms with Gasteiger partial charge in [0.1, 0.15) is 41.5 Å². The molecule has 4 rings (SSSR count). The van der Waals surface area contributed by atoms with Crippen molar-refractivity contribution in [3.05, 3.63) is 53.5 Å². The molecule has 1 aliphatic carbocycles. The highest BCUT2D eigenvalue weighted by Gasteiger charge is 2.36. The van der Waals surface area contributed by atoms with Gasteiger partial charge in [-0.3, -0.25) is 13.3 Å². The highest BCUT2D eigenvalue weighted by molar-refractivity contribution is 7.80. The second-order valence-corrected chi connectivity index (χ2v) is 23.9. The molecule has 1 fully saturated rings. The Morgan fingerprint density at radius 3 is 2.07 bits per heavy atom.